The molecule has 4 aliphatic rings. The summed E-state index contributed by atoms with van der Waals surface area (Å²) in [6, 6.07) is 0. The van der Waals surface area contributed by atoms with Crippen LogP contribution in [-0.4, -0.2) is 33.5 Å². The Kier molecular flexibility index (Phi) is 5.12. The average molecular weight is 373 g/mol. The fourth-order valence-electron chi connectivity index (χ4n) is 6.28. The van der Waals surface area contributed by atoms with Crippen LogP contribution < -0.4 is 0 Å². The third-order valence-electron chi connectivity index (χ3n) is 8.04. The number of aliphatic hydroxyl groups is 2. The van der Waals surface area contributed by atoms with Crippen LogP contribution in [0, 0.1) is 46.8 Å². The Morgan fingerprint density at radius 2 is 2.07 bits per heavy atom. The van der Waals surface area contributed by atoms with Crippen molar-refractivity contribution in [3.8, 4) is 11.8 Å². The van der Waals surface area contributed by atoms with Gasteiger partial charge in [0.25, 0.3) is 0 Å². The van der Waals surface area contributed by atoms with Gasteiger partial charge >= 0.3 is 5.97 Å². The molecule has 0 amide bonds. The lowest BCUT2D eigenvalue weighted by atomic mass is 9.48. The van der Waals surface area contributed by atoms with Crippen molar-refractivity contribution in [2.45, 2.75) is 76.9 Å². The fraction of sp³-hybridized carbons (Fsp3) is 0.783. The van der Waals surface area contributed by atoms with Crippen molar-refractivity contribution in [2.24, 2.45) is 35.0 Å². The number of aliphatic carboxylic acids is 1. The third kappa shape index (κ3) is 3.57. The van der Waals surface area contributed by atoms with Gasteiger partial charge < -0.3 is 15.3 Å². The monoisotopic (exact) mass is 372 g/mol. The molecule has 0 aliphatic heterocycles. The highest BCUT2D eigenvalue weighted by Gasteiger charge is 2.55. The van der Waals surface area contributed by atoms with Gasteiger partial charge in [0.15, 0.2) is 0 Å². The Bertz CT molecular complexity index is 676. The summed E-state index contributed by atoms with van der Waals surface area (Å²) in [6.45, 7) is 2.23. The summed E-state index contributed by atoms with van der Waals surface area (Å²) < 4.78 is 0. The van der Waals surface area contributed by atoms with Gasteiger partial charge in [-0.25, -0.2) is 0 Å². The van der Waals surface area contributed by atoms with Crippen LogP contribution in [0.5, 0.6) is 0 Å². The molecule has 4 heteroatoms. The molecule has 0 heterocycles. The standard InChI is InChI=1S/C23H32O4/c1-23-11-10-21(25)18(20(23)12-14(23)4-2-7-22(26)27)9-8-15(24)13-19-16-5-3-6-17(16)19/h4,15-21,24-25H,2-3,5-7,10-13H2,1H3,(H,26,27)/t15?,16?,17?,18-,19?,20-,21-,23-/m1/s1. The quantitative estimate of drug-likeness (QED) is 0.511. The summed E-state index contributed by atoms with van der Waals surface area (Å²) >= 11 is 0. The lowest BCUT2D eigenvalue weighted by Gasteiger charge is -2.57. The van der Waals surface area contributed by atoms with Crippen LogP contribution in [0.15, 0.2) is 11.6 Å². The van der Waals surface area contributed by atoms with Crippen molar-refractivity contribution >= 4 is 5.97 Å². The number of allylic oxidation sites excluding steroid dienone is 2. The summed E-state index contributed by atoms with van der Waals surface area (Å²) in [7, 11) is 0. The minimum absolute atomic E-state index is 0.0373. The summed E-state index contributed by atoms with van der Waals surface area (Å²) in [4.78, 5) is 10.7. The second-order valence-electron chi connectivity index (χ2n) is 9.48. The molecule has 0 aromatic carbocycles. The Balaban J connectivity index is 1.36. The maximum atomic E-state index is 10.7. The van der Waals surface area contributed by atoms with E-state index in [2.05, 4.69) is 24.8 Å². The molecule has 0 aromatic rings. The molecule has 4 aliphatic carbocycles. The van der Waals surface area contributed by atoms with Crippen LogP contribution in [0.1, 0.15) is 64.7 Å². The van der Waals surface area contributed by atoms with E-state index < -0.39 is 18.2 Å². The first-order chi connectivity index (χ1) is 12.9. The number of carboxylic acids is 1. The van der Waals surface area contributed by atoms with Crippen molar-refractivity contribution in [2.75, 3.05) is 0 Å². The van der Waals surface area contributed by atoms with Crippen molar-refractivity contribution in [3.05, 3.63) is 11.6 Å². The van der Waals surface area contributed by atoms with E-state index in [4.69, 9.17) is 5.11 Å². The molecule has 4 fully saturated rings. The summed E-state index contributed by atoms with van der Waals surface area (Å²) in [5.41, 5.74) is 1.37. The third-order valence-corrected chi connectivity index (χ3v) is 8.04. The second kappa shape index (κ2) is 7.26. The second-order valence-corrected chi connectivity index (χ2v) is 9.48. The highest BCUT2D eigenvalue weighted by atomic mass is 16.4. The fourth-order valence-corrected chi connectivity index (χ4v) is 6.28. The van der Waals surface area contributed by atoms with E-state index in [1.54, 1.807) is 0 Å². The Morgan fingerprint density at radius 3 is 2.78 bits per heavy atom. The van der Waals surface area contributed by atoms with Gasteiger partial charge in [-0.1, -0.05) is 36.8 Å². The van der Waals surface area contributed by atoms with E-state index in [1.165, 1.54) is 24.8 Å². The smallest absolute Gasteiger partial charge is 0.303 e. The van der Waals surface area contributed by atoms with Crippen molar-refractivity contribution in [1.82, 2.24) is 0 Å². The number of hydrogen-bond donors (Lipinski definition) is 3. The molecular formula is C23H32O4. The molecule has 4 rings (SSSR count). The normalized spacial score (nSPS) is 44.5. The number of carbonyl (C=O) groups is 1. The van der Waals surface area contributed by atoms with E-state index in [9.17, 15) is 15.0 Å². The molecule has 0 aromatic heterocycles. The molecule has 0 spiro atoms. The first-order valence-electron chi connectivity index (χ1n) is 10.7. The topological polar surface area (TPSA) is 77.8 Å². The summed E-state index contributed by atoms with van der Waals surface area (Å²) in [5.74, 6) is 8.16. The predicted octanol–water partition coefficient (Wildman–Crippen LogP) is 3.38. The number of fused-ring (bicyclic) bond motifs is 2. The van der Waals surface area contributed by atoms with Gasteiger partial charge in [-0.05, 0) is 74.0 Å². The van der Waals surface area contributed by atoms with E-state index >= 15 is 0 Å². The zero-order valence-corrected chi connectivity index (χ0v) is 16.2. The molecule has 4 nitrogen and oxygen atoms in total. The van der Waals surface area contributed by atoms with Crippen molar-refractivity contribution in [3.63, 3.8) is 0 Å². The van der Waals surface area contributed by atoms with Crippen LogP contribution in [-0.2, 0) is 4.79 Å². The van der Waals surface area contributed by atoms with Crippen LogP contribution in [0.25, 0.3) is 0 Å². The molecule has 7 atom stereocenters. The Labute approximate surface area is 162 Å². The van der Waals surface area contributed by atoms with Crippen LogP contribution in [0.2, 0.25) is 0 Å². The molecule has 3 unspecified atom stereocenters. The summed E-state index contributed by atoms with van der Waals surface area (Å²) in [6.07, 6.45) is 9.23. The van der Waals surface area contributed by atoms with Gasteiger partial charge in [0.2, 0.25) is 0 Å². The maximum Gasteiger partial charge on any atom is 0.303 e. The SMILES string of the molecule is C[C@]12CC[C@@H](O)[C@H](C#CC(O)CC3C4CCCC43)[C@H]1CC2=CCCC(=O)O. The first-order valence-corrected chi connectivity index (χ1v) is 10.7. The van der Waals surface area contributed by atoms with E-state index in [0.29, 0.717) is 18.3 Å². The van der Waals surface area contributed by atoms with Crippen LogP contribution in [0.3, 0.4) is 0 Å². The average Bonchev–Trinajstić information content (AvgIpc) is 3.03. The van der Waals surface area contributed by atoms with Gasteiger partial charge in [0.1, 0.15) is 6.10 Å². The highest BCUT2D eigenvalue weighted by molar-refractivity contribution is 5.66. The zero-order chi connectivity index (χ0) is 19.2. The number of hydrogen-bond acceptors (Lipinski definition) is 3. The minimum Gasteiger partial charge on any atom is -0.481 e. The summed E-state index contributed by atoms with van der Waals surface area (Å²) in [5, 5.41) is 29.7. The zero-order valence-electron chi connectivity index (χ0n) is 16.2. The van der Waals surface area contributed by atoms with Crippen LogP contribution >= 0.6 is 0 Å². The Hall–Kier alpha value is -1.31. The lowest BCUT2D eigenvalue weighted by Crippen LogP contribution is -2.51. The van der Waals surface area contributed by atoms with Gasteiger partial charge in [0.05, 0.1) is 12.0 Å². The minimum atomic E-state index is -0.760. The van der Waals surface area contributed by atoms with Gasteiger partial charge in [-0.2, -0.15) is 0 Å². The predicted molar refractivity (Wildman–Crippen MR) is 103 cm³/mol. The van der Waals surface area contributed by atoms with Crippen molar-refractivity contribution in [1.29, 1.82) is 0 Å². The number of rotatable bonds is 5. The lowest BCUT2D eigenvalue weighted by molar-refractivity contribution is -0.136. The maximum absolute atomic E-state index is 10.7. The molecule has 148 valence electrons. The van der Waals surface area contributed by atoms with E-state index in [1.807, 2.05) is 0 Å². The number of carboxylic acid groups (broad SMARTS) is 1. The van der Waals surface area contributed by atoms with Crippen LogP contribution in [0.4, 0.5) is 0 Å². The molecule has 27 heavy (non-hydrogen) atoms. The first kappa shape index (κ1) is 19.0. The Morgan fingerprint density at radius 1 is 1.33 bits per heavy atom. The highest BCUT2D eigenvalue weighted by Crippen LogP contribution is 2.61. The molecule has 0 bridgehead atoms. The van der Waals surface area contributed by atoms with Gasteiger partial charge in [-0.15, -0.1) is 0 Å². The van der Waals surface area contributed by atoms with Gasteiger partial charge in [-0.3, -0.25) is 4.79 Å². The van der Waals surface area contributed by atoms with E-state index in [0.717, 1.165) is 37.5 Å². The largest absolute Gasteiger partial charge is 0.481 e. The molecular weight excluding hydrogens is 340 g/mol. The molecule has 4 saturated carbocycles. The van der Waals surface area contributed by atoms with Crippen molar-refractivity contribution < 1.29 is 20.1 Å². The number of aliphatic hydroxyl groups excluding tert-OH is 2. The molecule has 0 radical (unpaired) electrons. The molecule has 0 saturated heterocycles. The van der Waals surface area contributed by atoms with Gasteiger partial charge in [0, 0.05) is 6.42 Å². The molecule has 3 N–H and O–H groups in total. The van der Waals surface area contributed by atoms with E-state index in [-0.39, 0.29) is 17.8 Å².